The fraction of sp³-hybridized carbons (Fsp3) is 0.500. The fourth-order valence-electron chi connectivity index (χ4n) is 3.26. The van der Waals surface area contributed by atoms with Gasteiger partial charge in [-0.3, -0.25) is 4.79 Å². The molecule has 2 aliphatic rings. The van der Waals surface area contributed by atoms with Gasteiger partial charge in [0.05, 0.1) is 6.10 Å². The van der Waals surface area contributed by atoms with E-state index in [0.29, 0.717) is 28.1 Å². The van der Waals surface area contributed by atoms with Crippen LogP contribution in [0.3, 0.4) is 0 Å². The third-order valence-corrected chi connectivity index (χ3v) is 4.65. The van der Waals surface area contributed by atoms with Gasteiger partial charge < -0.3 is 10.0 Å². The molecule has 2 fully saturated rings. The second-order valence-corrected chi connectivity index (χ2v) is 6.31. The minimum atomic E-state index is -0.259. The van der Waals surface area contributed by atoms with Gasteiger partial charge in [0.2, 0.25) is 0 Å². The molecule has 1 aliphatic heterocycles. The van der Waals surface area contributed by atoms with E-state index in [1.54, 1.807) is 23.1 Å². The van der Waals surface area contributed by atoms with Crippen LogP contribution in [0.15, 0.2) is 18.2 Å². The summed E-state index contributed by atoms with van der Waals surface area (Å²) in [6, 6.07) is 4.89. The zero-order valence-electron chi connectivity index (χ0n) is 10.4. The molecule has 0 bridgehead atoms. The standard InChI is InChI=1S/C14H15Cl2NO2/c15-10-3-9(4-11(16)5-10)14(19)17-6-8-1-2-13(18)12(8)7-17/h3-5,8,12-13,18H,1-2,6-7H2. The molecule has 1 aliphatic carbocycles. The number of carbonyl (C=O) groups excluding carboxylic acids is 1. The topological polar surface area (TPSA) is 40.5 Å². The first-order chi connectivity index (χ1) is 9.04. The third-order valence-electron chi connectivity index (χ3n) is 4.22. The molecular formula is C14H15Cl2NO2. The SMILES string of the molecule is O=C(c1cc(Cl)cc(Cl)c1)N1CC2CCC(O)C2C1. The number of benzene rings is 1. The van der Waals surface area contributed by atoms with Crippen molar-refractivity contribution in [3.63, 3.8) is 0 Å². The molecule has 1 N–H and O–H groups in total. The van der Waals surface area contributed by atoms with Crippen LogP contribution >= 0.6 is 23.2 Å². The smallest absolute Gasteiger partial charge is 0.253 e. The van der Waals surface area contributed by atoms with Crippen LogP contribution in [0.4, 0.5) is 0 Å². The van der Waals surface area contributed by atoms with Crippen molar-refractivity contribution in [2.24, 2.45) is 11.8 Å². The molecule has 0 spiro atoms. The lowest BCUT2D eigenvalue weighted by Gasteiger charge is -2.18. The Bertz CT molecular complexity index is 500. The van der Waals surface area contributed by atoms with Gasteiger partial charge in [0, 0.05) is 34.6 Å². The Labute approximate surface area is 122 Å². The lowest BCUT2D eigenvalue weighted by molar-refractivity contribution is 0.0752. The van der Waals surface area contributed by atoms with Gasteiger partial charge in [0.15, 0.2) is 0 Å². The number of likely N-dealkylation sites (tertiary alicyclic amines) is 1. The molecule has 1 aromatic carbocycles. The van der Waals surface area contributed by atoms with Crippen LogP contribution in [0.2, 0.25) is 10.0 Å². The van der Waals surface area contributed by atoms with Gasteiger partial charge in [0.1, 0.15) is 0 Å². The fourth-order valence-corrected chi connectivity index (χ4v) is 3.79. The first-order valence-electron chi connectivity index (χ1n) is 6.48. The van der Waals surface area contributed by atoms with Crippen LogP contribution in [0.25, 0.3) is 0 Å². The van der Waals surface area contributed by atoms with E-state index in [1.165, 1.54) is 0 Å². The first-order valence-corrected chi connectivity index (χ1v) is 7.23. The van der Waals surface area contributed by atoms with Gasteiger partial charge in [0.25, 0.3) is 5.91 Å². The Morgan fingerprint density at radius 3 is 2.47 bits per heavy atom. The van der Waals surface area contributed by atoms with Crippen LogP contribution in [0.1, 0.15) is 23.2 Å². The zero-order valence-corrected chi connectivity index (χ0v) is 11.9. The largest absolute Gasteiger partial charge is 0.393 e. The molecule has 3 rings (SSSR count). The van der Waals surface area contributed by atoms with E-state index in [0.717, 1.165) is 19.4 Å². The number of halogens is 2. The summed E-state index contributed by atoms with van der Waals surface area (Å²) in [4.78, 5) is 14.2. The number of fused-ring (bicyclic) bond motifs is 1. The predicted molar refractivity (Wildman–Crippen MR) is 74.6 cm³/mol. The summed E-state index contributed by atoms with van der Waals surface area (Å²) in [7, 11) is 0. The molecule has 3 unspecified atom stereocenters. The minimum Gasteiger partial charge on any atom is -0.393 e. The molecule has 1 saturated heterocycles. The summed E-state index contributed by atoms with van der Waals surface area (Å²) >= 11 is 11.8. The van der Waals surface area contributed by atoms with E-state index in [9.17, 15) is 9.90 Å². The summed E-state index contributed by atoms with van der Waals surface area (Å²) in [5, 5.41) is 10.8. The second kappa shape index (κ2) is 4.97. The molecular weight excluding hydrogens is 285 g/mol. The normalized spacial score (nSPS) is 29.6. The highest BCUT2D eigenvalue weighted by molar-refractivity contribution is 6.35. The summed E-state index contributed by atoms with van der Waals surface area (Å²) in [5.74, 6) is 0.623. The highest BCUT2D eigenvalue weighted by Gasteiger charge is 2.43. The maximum absolute atomic E-state index is 12.4. The molecule has 19 heavy (non-hydrogen) atoms. The summed E-state index contributed by atoms with van der Waals surface area (Å²) in [6.07, 6.45) is 1.61. The Kier molecular flexibility index (Phi) is 3.46. The summed E-state index contributed by atoms with van der Waals surface area (Å²) in [6.45, 7) is 1.36. The number of carbonyl (C=O) groups is 1. The summed E-state index contributed by atoms with van der Waals surface area (Å²) in [5.41, 5.74) is 0.520. The Morgan fingerprint density at radius 2 is 1.84 bits per heavy atom. The minimum absolute atomic E-state index is 0.0500. The van der Waals surface area contributed by atoms with E-state index in [-0.39, 0.29) is 17.9 Å². The number of aliphatic hydroxyl groups excluding tert-OH is 1. The van der Waals surface area contributed by atoms with Gasteiger partial charge in [-0.15, -0.1) is 0 Å². The van der Waals surface area contributed by atoms with Gasteiger partial charge in [-0.2, -0.15) is 0 Å². The lowest BCUT2D eigenvalue weighted by atomic mass is 10.00. The first kappa shape index (κ1) is 13.2. The quantitative estimate of drug-likeness (QED) is 0.866. The maximum atomic E-state index is 12.4. The van der Waals surface area contributed by atoms with Crippen molar-refractivity contribution < 1.29 is 9.90 Å². The molecule has 3 atom stereocenters. The van der Waals surface area contributed by atoms with Gasteiger partial charge in [-0.1, -0.05) is 23.2 Å². The van der Waals surface area contributed by atoms with Crippen molar-refractivity contribution in [3.05, 3.63) is 33.8 Å². The lowest BCUT2D eigenvalue weighted by Crippen LogP contribution is -2.31. The highest BCUT2D eigenvalue weighted by atomic mass is 35.5. The monoisotopic (exact) mass is 299 g/mol. The van der Waals surface area contributed by atoms with Crippen molar-refractivity contribution >= 4 is 29.1 Å². The molecule has 1 saturated carbocycles. The number of amides is 1. The third kappa shape index (κ3) is 2.47. The van der Waals surface area contributed by atoms with Crippen LogP contribution in [0, 0.1) is 11.8 Å². The van der Waals surface area contributed by atoms with Crippen molar-refractivity contribution in [2.75, 3.05) is 13.1 Å². The average molecular weight is 300 g/mol. The number of aliphatic hydroxyl groups is 1. The molecule has 5 heteroatoms. The maximum Gasteiger partial charge on any atom is 0.253 e. The van der Waals surface area contributed by atoms with Gasteiger partial charge in [-0.05, 0) is 37.0 Å². The molecule has 3 nitrogen and oxygen atoms in total. The zero-order chi connectivity index (χ0) is 13.6. The molecule has 102 valence electrons. The number of nitrogens with zero attached hydrogens (tertiary/aromatic N) is 1. The number of hydrogen-bond acceptors (Lipinski definition) is 2. The van der Waals surface area contributed by atoms with Crippen molar-refractivity contribution in [1.29, 1.82) is 0 Å². The van der Waals surface area contributed by atoms with Gasteiger partial charge in [-0.25, -0.2) is 0 Å². The van der Waals surface area contributed by atoms with Crippen molar-refractivity contribution in [2.45, 2.75) is 18.9 Å². The van der Waals surface area contributed by atoms with Gasteiger partial charge >= 0.3 is 0 Å². The number of rotatable bonds is 1. The molecule has 1 amide bonds. The molecule has 0 radical (unpaired) electrons. The average Bonchev–Trinajstić information content (AvgIpc) is 2.90. The van der Waals surface area contributed by atoms with E-state index in [4.69, 9.17) is 23.2 Å². The van der Waals surface area contributed by atoms with Crippen LogP contribution in [-0.2, 0) is 0 Å². The van der Waals surface area contributed by atoms with E-state index in [2.05, 4.69) is 0 Å². The predicted octanol–water partition coefficient (Wildman–Crippen LogP) is 2.84. The van der Waals surface area contributed by atoms with E-state index < -0.39 is 0 Å². The highest BCUT2D eigenvalue weighted by Crippen LogP contribution is 2.38. The number of hydrogen-bond donors (Lipinski definition) is 1. The van der Waals surface area contributed by atoms with E-state index in [1.807, 2.05) is 0 Å². The van der Waals surface area contributed by atoms with Crippen LogP contribution < -0.4 is 0 Å². The van der Waals surface area contributed by atoms with Crippen LogP contribution in [0.5, 0.6) is 0 Å². The van der Waals surface area contributed by atoms with Crippen LogP contribution in [-0.4, -0.2) is 35.1 Å². The summed E-state index contributed by atoms with van der Waals surface area (Å²) < 4.78 is 0. The second-order valence-electron chi connectivity index (χ2n) is 5.44. The molecule has 1 aromatic rings. The van der Waals surface area contributed by atoms with Crippen molar-refractivity contribution in [1.82, 2.24) is 4.90 Å². The Hall–Kier alpha value is -0.770. The Balaban J connectivity index is 1.78. The molecule has 1 heterocycles. The van der Waals surface area contributed by atoms with Crippen molar-refractivity contribution in [3.8, 4) is 0 Å². The Morgan fingerprint density at radius 1 is 1.16 bits per heavy atom. The van der Waals surface area contributed by atoms with E-state index >= 15 is 0 Å². The molecule has 0 aromatic heterocycles.